The first-order valence-electron chi connectivity index (χ1n) is 6.73. The van der Waals surface area contributed by atoms with E-state index in [1.54, 1.807) is 12.3 Å². The minimum Gasteiger partial charge on any atom is -0.505 e. The molecule has 3 rings (SSSR count). The van der Waals surface area contributed by atoms with E-state index in [-0.39, 0.29) is 11.7 Å². The zero-order valence-corrected chi connectivity index (χ0v) is 11.1. The Hall–Kier alpha value is -2.16. The van der Waals surface area contributed by atoms with Gasteiger partial charge in [-0.1, -0.05) is 18.2 Å². The number of phenols is 1. The molecule has 1 aliphatic rings. The van der Waals surface area contributed by atoms with Gasteiger partial charge in [0.1, 0.15) is 0 Å². The van der Waals surface area contributed by atoms with Gasteiger partial charge in [0.15, 0.2) is 11.6 Å². The van der Waals surface area contributed by atoms with Gasteiger partial charge in [-0.05, 0) is 54.2 Å². The predicted molar refractivity (Wildman–Crippen MR) is 76.2 cm³/mol. The molecule has 20 heavy (non-hydrogen) atoms. The first-order valence-corrected chi connectivity index (χ1v) is 6.73. The Morgan fingerprint density at radius 1 is 1.35 bits per heavy atom. The van der Waals surface area contributed by atoms with E-state index in [1.807, 2.05) is 18.3 Å². The number of hydrogen-bond donors (Lipinski definition) is 1. The second-order valence-electron chi connectivity index (χ2n) is 5.28. The number of hydrogen-bond acceptors (Lipinski definition) is 2. The van der Waals surface area contributed by atoms with Crippen LogP contribution in [0.4, 0.5) is 4.39 Å². The Morgan fingerprint density at radius 2 is 2.20 bits per heavy atom. The number of aromatic nitrogens is 1. The normalized spacial score (nSPS) is 17.9. The van der Waals surface area contributed by atoms with Crippen LogP contribution < -0.4 is 0 Å². The van der Waals surface area contributed by atoms with Crippen LogP contribution in [0, 0.1) is 5.82 Å². The van der Waals surface area contributed by atoms with Gasteiger partial charge in [0.25, 0.3) is 0 Å². The number of pyridine rings is 1. The summed E-state index contributed by atoms with van der Waals surface area (Å²) in [5, 5.41) is 9.51. The smallest absolute Gasteiger partial charge is 0.165 e. The summed E-state index contributed by atoms with van der Waals surface area (Å²) >= 11 is 0. The molecule has 0 fully saturated rings. The lowest BCUT2D eigenvalue weighted by Gasteiger charge is -2.28. The van der Waals surface area contributed by atoms with Gasteiger partial charge in [-0.25, -0.2) is 4.39 Å². The number of phenolic OH excluding ortho intramolecular Hbond substituents is 1. The molecule has 1 heterocycles. The number of aromatic hydroxyl groups is 1. The molecule has 0 bridgehead atoms. The molecule has 1 aliphatic carbocycles. The summed E-state index contributed by atoms with van der Waals surface area (Å²) in [5.41, 5.74) is 4.19. The molecular weight excluding hydrogens is 253 g/mol. The lowest BCUT2D eigenvalue weighted by atomic mass is 9.77. The van der Waals surface area contributed by atoms with Gasteiger partial charge in [0.05, 0.1) is 0 Å². The summed E-state index contributed by atoms with van der Waals surface area (Å²) < 4.78 is 13.7. The largest absolute Gasteiger partial charge is 0.505 e. The van der Waals surface area contributed by atoms with Crippen LogP contribution in [0.3, 0.4) is 0 Å². The first-order chi connectivity index (χ1) is 9.65. The van der Waals surface area contributed by atoms with Crippen LogP contribution in [0.5, 0.6) is 5.75 Å². The fourth-order valence-electron chi connectivity index (χ4n) is 2.86. The molecule has 1 aromatic carbocycles. The summed E-state index contributed by atoms with van der Waals surface area (Å²) in [5.74, 6) is -0.732. The number of fused-ring (bicyclic) bond motifs is 1. The van der Waals surface area contributed by atoms with Gasteiger partial charge in [0, 0.05) is 18.3 Å². The van der Waals surface area contributed by atoms with E-state index >= 15 is 0 Å². The van der Waals surface area contributed by atoms with Crippen molar-refractivity contribution in [2.45, 2.75) is 25.2 Å². The van der Waals surface area contributed by atoms with Crippen molar-refractivity contribution in [2.75, 3.05) is 0 Å². The summed E-state index contributed by atoms with van der Waals surface area (Å²) in [7, 11) is 0. The SMILES string of the molecule is C=C1CCc2cc(O)c(F)cc2C1Cc1cccnc1. The summed E-state index contributed by atoms with van der Waals surface area (Å²) in [6.07, 6.45) is 6.03. The van der Waals surface area contributed by atoms with Crippen LogP contribution in [0.1, 0.15) is 29.0 Å². The van der Waals surface area contributed by atoms with Crippen molar-refractivity contribution in [3.8, 4) is 5.75 Å². The monoisotopic (exact) mass is 269 g/mol. The van der Waals surface area contributed by atoms with E-state index in [0.29, 0.717) is 0 Å². The zero-order valence-electron chi connectivity index (χ0n) is 11.1. The molecule has 0 amide bonds. The molecule has 0 saturated heterocycles. The van der Waals surface area contributed by atoms with Crippen molar-refractivity contribution < 1.29 is 9.50 Å². The maximum atomic E-state index is 13.7. The third kappa shape index (κ3) is 2.31. The highest BCUT2D eigenvalue weighted by Crippen LogP contribution is 2.39. The summed E-state index contributed by atoms with van der Waals surface area (Å²) in [6.45, 7) is 4.14. The second kappa shape index (κ2) is 5.08. The van der Waals surface area contributed by atoms with Gasteiger partial charge in [-0.3, -0.25) is 4.98 Å². The Bertz CT molecular complexity index is 652. The van der Waals surface area contributed by atoms with Gasteiger partial charge >= 0.3 is 0 Å². The van der Waals surface area contributed by atoms with Crippen molar-refractivity contribution in [1.29, 1.82) is 0 Å². The molecule has 0 aliphatic heterocycles. The van der Waals surface area contributed by atoms with E-state index in [1.165, 1.54) is 6.07 Å². The molecular formula is C17H16FNO. The van der Waals surface area contributed by atoms with Gasteiger partial charge in [0.2, 0.25) is 0 Å². The summed E-state index contributed by atoms with van der Waals surface area (Å²) in [6, 6.07) is 6.92. The Morgan fingerprint density at radius 3 is 2.95 bits per heavy atom. The van der Waals surface area contributed by atoms with Gasteiger partial charge in [-0.15, -0.1) is 0 Å². The minimum atomic E-state index is -0.561. The molecule has 1 unspecified atom stereocenters. The fraction of sp³-hybridized carbons (Fsp3) is 0.235. The molecule has 0 spiro atoms. The first kappa shape index (κ1) is 12.9. The van der Waals surface area contributed by atoms with Crippen molar-refractivity contribution in [1.82, 2.24) is 4.98 Å². The van der Waals surface area contributed by atoms with Gasteiger partial charge < -0.3 is 5.11 Å². The maximum Gasteiger partial charge on any atom is 0.165 e. The Labute approximate surface area is 117 Å². The second-order valence-corrected chi connectivity index (χ2v) is 5.28. The highest BCUT2D eigenvalue weighted by molar-refractivity contribution is 5.45. The molecule has 1 N–H and O–H groups in total. The van der Waals surface area contributed by atoms with Crippen molar-refractivity contribution in [3.05, 3.63) is 71.3 Å². The van der Waals surface area contributed by atoms with Crippen LogP contribution >= 0.6 is 0 Å². The molecule has 3 heteroatoms. The number of nitrogens with zero attached hydrogens (tertiary/aromatic N) is 1. The van der Waals surface area contributed by atoms with E-state index in [2.05, 4.69) is 11.6 Å². The number of allylic oxidation sites excluding steroid dienone is 1. The van der Waals surface area contributed by atoms with Crippen LogP contribution in [-0.4, -0.2) is 10.1 Å². The Kier molecular flexibility index (Phi) is 3.26. The highest BCUT2D eigenvalue weighted by atomic mass is 19.1. The molecule has 0 radical (unpaired) electrons. The number of rotatable bonds is 2. The molecule has 102 valence electrons. The lowest BCUT2D eigenvalue weighted by Crippen LogP contribution is -2.15. The van der Waals surface area contributed by atoms with Crippen molar-refractivity contribution >= 4 is 0 Å². The average molecular weight is 269 g/mol. The van der Waals surface area contributed by atoms with Crippen LogP contribution in [0.25, 0.3) is 0 Å². The number of halogens is 1. The Balaban J connectivity index is 1.99. The van der Waals surface area contributed by atoms with Crippen molar-refractivity contribution in [2.24, 2.45) is 0 Å². The maximum absolute atomic E-state index is 13.7. The van der Waals surface area contributed by atoms with Gasteiger partial charge in [-0.2, -0.15) is 0 Å². The van der Waals surface area contributed by atoms with Crippen molar-refractivity contribution in [3.63, 3.8) is 0 Å². The molecule has 2 aromatic rings. The summed E-state index contributed by atoms with van der Waals surface area (Å²) in [4.78, 5) is 4.12. The third-order valence-electron chi connectivity index (χ3n) is 3.95. The van der Waals surface area contributed by atoms with Crippen LogP contribution in [0.2, 0.25) is 0 Å². The quantitative estimate of drug-likeness (QED) is 0.842. The van der Waals surface area contributed by atoms with E-state index in [4.69, 9.17) is 0 Å². The fourth-order valence-corrected chi connectivity index (χ4v) is 2.86. The number of aryl methyl sites for hydroxylation is 1. The highest BCUT2D eigenvalue weighted by Gasteiger charge is 2.25. The predicted octanol–water partition coefficient (Wildman–Crippen LogP) is 3.76. The van der Waals surface area contributed by atoms with Crippen LogP contribution in [-0.2, 0) is 12.8 Å². The minimum absolute atomic E-state index is 0.0954. The lowest BCUT2D eigenvalue weighted by molar-refractivity contribution is 0.429. The number of benzene rings is 1. The molecule has 1 atom stereocenters. The topological polar surface area (TPSA) is 33.1 Å². The molecule has 1 aromatic heterocycles. The average Bonchev–Trinajstić information content (AvgIpc) is 2.45. The molecule has 0 saturated carbocycles. The van der Waals surface area contributed by atoms with Crippen LogP contribution in [0.15, 0.2) is 48.8 Å². The van der Waals surface area contributed by atoms with E-state index in [0.717, 1.165) is 41.5 Å². The van der Waals surface area contributed by atoms with E-state index < -0.39 is 5.82 Å². The standard InChI is InChI=1S/C17H16FNO/c1-11-4-5-13-8-17(20)16(18)9-15(13)14(11)7-12-3-2-6-19-10-12/h2-3,6,8-10,14,20H,1,4-5,7H2. The molecule has 2 nitrogen and oxygen atoms in total. The third-order valence-corrected chi connectivity index (χ3v) is 3.95. The van der Waals surface area contributed by atoms with E-state index in [9.17, 15) is 9.50 Å². The zero-order chi connectivity index (χ0) is 14.1.